The molecule has 1 aliphatic rings. The maximum absolute atomic E-state index is 13.2. The molecule has 1 atom stereocenters. The summed E-state index contributed by atoms with van der Waals surface area (Å²) in [6.45, 7) is 0.648. The normalized spacial score (nSPS) is 16.0. The summed E-state index contributed by atoms with van der Waals surface area (Å²) in [5.74, 6) is 0.281. The first-order chi connectivity index (χ1) is 14.3. The zero-order valence-corrected chi connectivity index (χ0v) is 18.6. The van der Waals surface area contributed by atoms with Crippen molar-refractivity contribution in [2.45, 2.75) is 55.9 Å². The fraction of sp³-hybridized carbons (Fsp3) is 0.524. The number of benzene rings is 1. The van der Waals surface area contributed by atoms with Crippen molar-refractivity contribution in [1.82, 2.24) is 9.78 Å². The van der Waals surface area contributed by atoms with Crippen LogP contribution in [0.15, 0.2) is 35.4 Å². The third kappa shape index (κ3) is 5.83. The lowest BCUT2D eigenvalue weighted by Gasteiger charge is -2.21. The molecule has 9 heteroatoms. The number of halogens is 1. The van der Waals surface area contributed by atoms with Crippen molar-refractivity contribution in [2.24, 2.45) is 5.92 Å². The van der Waals surface area contributed by atoms with Crippen molar-refractivity contribution < 1.29 is 18.3 Å². The van der Waals surface area contributed by atoms with Gasteiger partial charge in [-0.3, -0.25) is 9.48 Å². The molecule has 7 nitrogen and oxygen atoms in total. The smallest absolute Gasteiger partial charge is 0.233 e. The highest BCUT2D eigenvalue weighted by atomic mass is 35.5. The van der Waals surface area contributed by atoms with Gasteiger partial charge in [-0.2, -0.15) is 5.10 Å². The van der Waals surface area contributed by atoms with Crippen molar-refractivity contribution in [3.63, 3.8) is 0 Å². The Hall–Kier alpha value is -1.90. The van der Waals surface area contributed by atoms with Crippen molar-refractivity contribution >= 4 is 33.2 Å². The lowest BCUT2D eigenvalue weighted by atomic mass is 9.87. The molecule has 1 heterocycles. The number of hydrogen-bond acceptors (Lipinski definition) is 5. The molecule has 0 bridgehead atoms. The second kappa shape index (κ2) is 9.94. The third-order valence-corrected chi connectivity index (χ3v) is 7.14. The Bertz CT molecular complexity index is 984. The fourth-order valence-electron chi connectivity index (χ4n) is 4.01. The summed E-state index contributed by atoms with van der Waals surface area (Å²) >= 11 is 6.24. The molecule has 2 aromatic rings. The average Bonchev–Trinajstić information content (AvgIpc) is 3.35. The van der Waals surface area contributed by atoms with Crippen LogP contribution in [-0.4, -0.2) is 42.1 Å². The monoisotopic (exact) mass is 453 g/mol. The quantitative estimate of drug-likeness (QED) is 0.603. The number of aryl methyl sites for hydroxylation is 1. The molecule has 1 fully saturated rings. The van der Waals surface area contributed by atoms with Crippen molar-refractivity contribution in [1.29, 1.82) is 0 Å². The Kier molecular flexibility index (Phi) is 7.55. The van der Waals surface area contributed by atoms with E-state index in [1.165, 1.54) is 18.9 Å². The topological polar surface area (TPSA) is 101 Å². The standard InChI is InChI=1S/C21H28ClN3O4S/c1-30(28,29)19-8-7-16(14-18(19)22)17(13-15-5-2-3-6-15)21(27)23-20-9-11-25(24-20)10-4-12-26/h7-9,11,14-15,17,26H,2-6,10,12-13H2,1H3,(H,23,24,27)/t17-/m1/s1. The van der Waals surface area contributed by atoms with Crippen LogP contribution in [0.1, 0.15) is 50.0 Å². The molecule has 1 aliphatic carbocycles. The summed E-state index contributed by atoms with van der Waals surface area (Å²) in [6, 6.07) is 6.48. The number of anilines is 1. The number of aliphatic hydroxyl groups excluding tert-OH is 1. The van der Waals surface area contributed by atoms with Crippen molar-refractivity contribution in [2.75, 3.05) is 18.2 Å². The van der Waals surface area contributed by atoms with E-state index >= 15 is 0 Å². The average molecular weight is 454 g/mol. The van der Waals surface area contributed by atoms with E-state index in [1.54, 1.807) is 29.1 Å². The Labute approximate surface area is 182 Å². The highest BCUT2D eigenvalue weighted by Crippen LogP contribution is 2.36. The highest BCUT2D eigenvalue weighted by molar-refractivity contribution is 7.90. The van der Waals surface area contributed by atoms with Gasteiger partial charge in [-0.1, -0.05) is 43.4 Å². The molecule has 30 heavy (non-hydrogen) atoms. The van der Waals surface area contributed by atoms with E-state index < -0.39 is 15.8 Å². The molecule has 0 radical (unpaired) electrons. The summed E-state index contributed by atoms with van der Waals surface area (Å²) in [4.78, 5) is 13.2. The van der Waals surface area contributed by atoms with Gasteiger partial charge < -0.3 is 10.4 Å². The molecule has 0 saturated heterocycles. The molecular weight excluding hydrogens is 426 g/mol. The van der Waals surface area contributed by atoms with E-state index in [-0.39, 0.29) is 22.4 Å². The highest BCUT2D eigenvalue weighted by Gasteiger charge is 2.28. The molecule has 1 amide bonds. The van der Waals surface area contributed by atoms with Gasteiger partial charge in [0.2, 0.25) is 5.91 Å². The van der Waals surface area contributed by atoms with E-state index in [9.17, 15) is 13.2 Å². The predicted molar refractivity (Wildman–Crippen MR) is 116 cm³/mol. The van der Waals surface area contributed by atoms with E-state index in [0.29, 0.717) is 36.7 Å². The number of rotatable bonds is 9. The molecular formula is C21H28ClN3O4S. The van der Waals surface area contributed by atoms with Crippen molar-refractivity contribution in [3.8, 4) is 0 Å². The van der Waals surface area contributed by atoms with Gasteiger partial charge in [-0.15, -0.1) is 0 Å². The minimum absolute atomic E-state index is 0.0653. The first-order valence-corrected chi connectivity index (χ1v) is 12.5. The van der Waals surface area contributed by atoms with Crippen LogP contribution >= 0.6 is 11.6 Å². The third-order valence-electron chi connectivity index (χ3n) is 5.56. The SMILES string of the molecule is CS(=O)(=O)c1ccc([C@@H](CC2CCCC2)C(=O)Nc2ccn(CCCO)n2)cc1Cl. The molecule has 3 rings (SSSR count). The maximum Gasteiger partial charge on any atom is 0.233 e. The maximum atomic E-state index is 13.2. The number of carbonyl (C=O) groups excluding carboxylic acids is 1. The van der Waals surface area contributed by atoms with E-state index in [2.05, 4.69) is 10.4 Å². The Morgan fingerprint density at radius 2 is 2.07 bits per heavy atom. The predicted octanol–water partition coefficient (Wildman–Crippen LogP) is 3.63. The number of sulfone groups is 1. The second-order valence-electron chi connectivity index (χ2n) is 7.93. The van der Waals surface area contributed by atoms with Gasteiger partial charge in [-0.05, 0) is 36.5 Å². The minimum Gasteiger partial charge on any atom is -0.396 e. The van der Waals surface area contributed by atoms with Gasteiger partial charge in [0.25, 0.3) is 0 Å². The molecule has 1 aromatic heterocycles. The lowest BCUT2D eigenvalue weighted by molar-refractivity contribution is -0.118. The number of amides is 1. The number of aromatic nitrogens is 2. The summed E-state index contributed by atoms with van der Waals surface area (Å²) in [7, 11) is -3.44. The van der Waals surface area contributed by atoms with Crippen LogP contribution in [0.5, 0.6) is 0 Å². The van der Waals surface area contributed by atoms with Crippen LogP contribution < -0.4 is 5.32 Å². The fourth-order valence-corrected chi connectivity index (χ4v) is 5.35. The number of aliphatic hydroxyl groups is 1. The largest absolute Gasteiger partial charge is 0.396 e. The van der Waals surface area contributed by atoms with Gasteiger partial charge in [0.15, 0.2) is 15.7 Å². The molecule has 1 saturated carbocycles. The number of nitrogens with zero attached hydrogens (tertiary/aromatic N) is 2. The molecule has 1 aromatic carbocycles. The van der Waals surface area contributed by atoms with Gasteiger partial charge >= 0.3 is 0 Å². The summed E-state index contributed by atoms with van der Waals surface area (Å²) in [5, 5.41) is 16.3. The summed E-state index contributed by atoms with van der Waals surface area (Å²) in [5.41, 5.74) is 0.705. The number of carbonyl (C=O) groups is 1. The molecule has 0 unspecified atom stereocenters. The molecule has 0 spiro atoms. The molecule has 2 N–H and O–H groups in total. The van der Waals surface area contributed by atoms with Crippen LogP contribution in [0.25, 0.3) is 0 Å². The van der Waals surface area contributed by atoms with Gasteiger partial charge in [-0.25, -0.2) is 8.42 Å². The lowest BCUT2D eigenvalue weighted by Crippen LogP contribution is -2.23. The van der Waals surface area contributed by atoms with E-state index in [0.717, 1.165) is 19.1 Å². The Balaban J connectivity index is 1.82. The first kappa shape index (κ1) is 22.8. The van der Waals surface area contributed by atoms with Crippen LogP contribution in [0.2, 0.25) is 5.02 Å². The summed E-state index contributed by atoms with van der Waals surface area (Å²) < 4.78 is 25.4. The Morgan fingerprint density at radius 3 is 2.70 bits per heavy atom. The molecule has 0 aliphatic heterocycles. The van der Waals surface area contributed by atoms with Crippen LogP contribution in [-0.2, 0) is 21.2 Å². The van der Waals surface area contributed by atoms with Crippen molar-refractivity contribution in [3.05, 3.63) is 41.0 Å². The zero-order chi connectivity index (χ0) is 21.7. The van der Waals surface area contributed by atoms with Crippen LogP contribution in [0.3, 0.4) is 0 Å². The van der Waals surface area contributed by atoms with Gasteiger partial charge in [0, 0.05) is 31.7 Å². The van der Waals surface area contributed by atoms with Crippen LogP contribution in [0.4, 0.5) is 5.82 Å². The van der Waals surface area contributed by atoms with Gasteiger partial charge in [0.1, 0.15) is 0 Å². The van der Waals surface area contributed by atoms with Gasteiger partial charge in [0.05, 0.1) is 15.8 Å². The Morgan fingerprint density at radius 1 is 1.33 bits per heavy atom. The minimum atomic E-state index is -3.44. The van der Waals surface area contributed by atoms with E-state index in [1.807, 2.05) is 0 Å². The first-order valence-electron chi connectivity index (χ1n) is 10.2. The second-order valence-corrected chi connectivity index (χ2v) is 10.3. The van der Waals surface area contributed by atoms with E-state index in [4.69, 9.17) is 16.7 Å². The zero-order valence-electron chi connectivity index (χ0n) is 17.1. The number of hydrogen-bond donors (Lipinski definition) is 2. The number of nitrogens with one attached hydrogen (secondary N) is 1. The summed E-state index contributed by atoms with van der Waals surface area (Å²) in [6.07, 6.45) is 8.67. The van der Waals surface area contributed by atoms with Crippen LogP contribution in [0, 0.1) is 5.92 Å². The molecule has 164 valence electrons.